The van der Waals surface area contributed by atoms with Crippen molar-refractivity contribution in [2.45, 2.75) is 13.0 Å². The molecule has 0 aliphatic carbocycles. The van der Waals surface area contributed by atoms with Gasteiger partial charge in [0.1, 0.15) is 11.9 Å². The predicted molar refractivity (Wildman–Crippen MR) is 62.5 cm³/mol. The number of aromatic amines is 1. The van der Waals surface area contributed by atoms with E-state index in [1.807, 2.05) is 12.3 Å². The molecule has 1 atom stereocenters. The Bertz CT molecular complexity index is 493. The minimum atomic E-state index is -0.929. The van der Waals surface area contributed by atoms with Gasteiger partial charge in [-0.05, 0) is 25.1 Å². The van der Waals surface area contributed by atoms with Gasteiger partial charge in [0.2, 0.25) is 0 Å². The van der Waals surface area contributed by atoms with Crippen molar-refractivity contribution in [1.82, 2.24) is 15.2 Å². The van der Waals surface area contributed by atoms with Crippen LogP contribution in [0.5, 0.6) is 0 Å². The Morgan fingerprint density at radius 1 is 1.41 bits per heavy atom. The number of hydrogen-bond acceptors (Lipinski definition) is 4. The molecule has 0 aliphatic rings. The van der Waals surface area contributed by atoms with Crippen molar-refractivity contribution < 1.29 is 9.90 Å². The average Bonchev–Trinajstić information content (AvgIpc) is 2.83. The van der Waals surface area contributed by atoms with Crippen molar-refractivity contribution in [2.24, 2.45) is 0 Å². The number of H-pyrrole nitrogens is 1. The van der Waals surface area contributed by atoms with E-state index in [0.29, 0.717) is 5.82 Å². The molecule has 1 unspecified atom stereocenters. The maximum Gasteiger partial charge on any atom is 0.325 e. The first kappa shape index (κ1) is 11.1. The van der Waals surface area contributed by atoms with E-state index in [4.69, 9.17) is 5.11 Å². The van der Waals surface area contributed by atoms with Crippen LogP contribution in [-0.4, -0.2) is 32.3 Å². The summed E-state index contributed by atoms with van der Waals surface area (Å²) < 4.78 is 0. The molecule has 6 nitrogen and oxygen atoms in total. The molecule has 0 aliphatic heterocycles. The number of carbonyl (C=O) groups is 1. The number of nitrogens with zero attached hydrogens (tertiary/aromatic N) is 2. The van der Waals surface area contributed by atoms with Crippen LogP contribution in [0.15, 0.2) is 30.6 Å². The largest absolute Gasteiger partial charge is 0.480 e. The van der Waals surface area contributed by atoms with Gasteiger partial charge in [-0.25, -0.2) is 0 Å². The number of aliphatic carboxylic acids is 1. The van der Waals surface area contributed by atoms with Crippen molar-refractivity contribution in [3.63, 3.8) is 0 Å². The molecule has 0 amide bonds. The molecule has 2 aromatic heterocycles. The third-order valence-corrected chi connectivity index (χ3v) is 2.29. The van der Waals surface area contributed by atoms with E-state index >= 15 is 0 Å². The van der Waals surface area contributed by atoms with Gasteiger partial charge in [-0.2, -0.15) is 0 Å². The minimum Gasteiger partial charge on any atom is -0.480 e. The zero-order valence-corrected chi connectivity index (χ0v) is 9.21. The Balaban J connectivity index is 2.11. The molecule has 0 bridgehead atoms. The van der Waals surface area contributed by atoms with Crippen LogP contribution in [0.3, 0.4) is 0 Å². The molecule has 3 N–H and O–H groups in total. The molecule has 0 saturated carbocycles. The van der Waals surface area contributed by atoms with Crippen LogP contribution in [0.25, 0.3) is 11.3 Å². The number of carboxylic acid groups (broad SMARTS) is 1. The maximum atomic E-state index is 10.6. The van der Waals surface area contributed by atoms with Gasteiger partial charge in [-0.1, -0.05) is 0 Å². The summed E-state index contributed by atoms with van der Waals surface area (Å²) in [6.07, 6.45) is 3.62. The Hall–Kier alpha value is -2.37. The monoisotopic (exact) mass is 232 g/mol. The van der Waals surface area contributed by atoms with Crippen molar-refractivity contribution in [3.05, 3.63) is 30.6 Å². The highest BCUT2D eigenvalue weighted by Gasteiger charge is 2.11. The summed E-state index contributed by atoms with van der Waals surface area (Å²) >= 11 is 0. The van der Waals surface area contributed by atoms with Crippen LogP contribution in [0.2, 0.25) is 0 Å². The van der Waals surface area contributed by atoms with Crippen LogP contribution in [0.4, 0.5) is 5.82 Å². The smallest absolute Gasteiger partial charge is 0.325 e. The van der Waals surface area contributed by atoms with Gasteiger partial charge in [0, 0.05) is 18.0 Å². The van der Waals surface area contributed by atoms with Gasteiger partial charge in [0.05, 0.1) is 5.69 Å². The van der Waals surface area contributed by atoms with Crippen molar-refractivity contribution in [3.8, 4) is 11.3 Å². The highest BCUT2D eigenvalue weighted by atomic mass is 16.4. The molecule has 0 saturated heterocycles. The number of rotatable bonds is 4. The number of carboxylic acids is 1. The van der Waals surface area contributed by atoms with Gasteiger partial charge in [-0.15, -0.1) is 10.2 Å². The summed E-state index contributed by atoms with van der Waals surface area (Å²) in [5.74, 6) is -0.485. The van der Waals surface area contributed by atoms with E-state index in [-0.39, 0.29) is 0 Å². The Kier molecular flexibility index (Phi) is 3.04. The quantitative estimate of drug-likeness (QED) is 0.740. The molecular formula is C11H12N4O2. The first-order valence-electron chi connectivity index (χ1n) is 5.13. The maximum absolute atomic E-state index is 10.6. The molecule has 6 heteroatoms. The lowest BCUT2D eigenvalue weighted by molar-refractivity contribution is -0.137. The topological polar surface area (TPSA) is 90.9 Å². The van der Waals surface area contributed by atoms with Crippen molar-refractivity contribution >= 4 is 11.8 Å². The molecule has 17 heavy (non-hydrogen) atoms. The normalized spacial score (nSPS) is 12.1. The van der Waals surface area contributed by atoms with E-state index in [0.717, 1.165) is 11.3 Å². The highest BCUT2D eigenvalue weighted by molar-refractivity contribution is 5.76. The van der Waals surface area contributed by atoms with E-state index in [1.165, 1.54) is 0 Å². The zero-order chi connectivity index (χ0) is 12.3. The number of aromatic nitrogens is 3. The van der Waals surface area contributed by atoms with E-state index < -0.39 is 12.0 Å². The number of hydrogen-bond donors (Lipinski definition) is 3. The lowest BCUT2D eigenvalue weighted by Gasteiger charge is -2.08. The van der Waals surface area contributed by atoms with Crippen LogP contribution < -0.4 is 5.32 Å². The lowest BCUT2D eigenvalue weighted by atomic mass is 10.2. The standard InChI is InChI=1S/C11H12N4O2/c1-7(11(16)17)13-10-3-2-9(14-15-10)8-4-5-12-6-8/h2-7,12H,1H3,(H,13,15)(H,16,17). The SMILES string of the molecule is CC(Nc1ccc(-c2cc[nH]c2)nn1)C(=O)O. The van der Waals surface area contributed by atoms with Crippen LogP contribution >= 0.6 is 0 Å². The molecule has 2 aromatic rings. The second-order valence-corrected chi connectivity index (χ2v) is 3.61. The van der Waals surface area contributed by atoms with Crippen molar-refractivity contribution in [1.29, 1.82) is 0 Å². The third kappa shape index (κ3) is 2.60. The highest BCUT2D eigenvalue weighted by Crippen LogP contribution is 2.15. The summed E-state index contributed by atoms with van der Waals surface area (Å²) in [4.78, 5) is 13.6. The van der Waals surface area contributed by atoms with Gasteiger partial charge in [-0.3, -0.25) is 4.79 Å². The molecule has 0 spiro atoms. The molecule has 2 heterocycles. The summed E-state index contributed by atoms with van der Waals surface area (Å²) in [7, 11) is 0. The fourth-order valence-corrected chi connectivity index (χ4v) is 1.33. The summed E-state index contributed by atoms with van der Waals surface area (Å²) in [5.41, 5.74) is 1.68. The second kappa shape index (κ2) is 4.65. The van der Waals surface area contributed by atoms with E-state index in [9.17, 15) is 4.79 Å². The Morgan fingerprint density at radius 2 is 2.24 bits per heavy atom. The van der Waals surface area contributed by atoms with Crippen LogP contribution in [0, 0.1) is 0 Å². The Labute approximate surface area is 97.7 Å². The lowest BCUT2D eigenvalue weighted by Crippen LogP contribution is -2.25. The molecule has 0 fully saturated rings. The van der Waals surface area contributed by atoms with Crippen LogP contribution in [0.1, 0.15) is 6.92 Å². The molecular weight excluding hydrogens is 220 g/mol. The van der Waals surface area contributed by atoms with Crippen LogP contribution in [-0.2, 0) is 4.79 Å². The molecule has 0 radical (unpaired) electrons. The van der Waals surface area contributed by atoms with Gasteiger partial charge >= 0.3 is 5.97 Å². The first-order valence-corrected chi connectivity index (χ1v) is 5.13. The van der Waals surface area contributed by atoms with Crippen molar-refractivity contribution in [2.75, 3.05) is 5.32 Å². The predicted octanol–water partition coefficient (Wildman–Crippen LogP) is 1.36. The molecule has 0 aromatic carbocycles. The first-order chi connectivity index (χ1) is 8.16. The van der Waals surface area contributed by atoms with Gasteiger partial charge in [0.25, 0.3) is 0 Å². The van der Waals surface area contributed by atoms with E-state index in [1.54, 1.807) is 25.3 Å². The second-order valence-electron chi connectivity index (χ2n) is 3.61. The fourth-order valence-electron chi connectivity index (χ4n) is 1.33. The molecule has 88 valence electrons. The third-order valence-electron chi connectivity index (χ3n) is 2.29. The number of nitrogens with one attached hydrogen (secondary N) is 2. The van der Waals surface area contributed by atoms with Gasteiger partial charge in [0.15, 0.2) is 0 Å². The summed E-state index contributed by atoms with van der Waals surface area (Å²) in [5, 5.41) is 19.4. The fraction of sp³-hybridized carbons (Fsp3) is 0.182. The zero-order valence-electron chi connectivity index (χ0n) is 9.21. The average molecular weight is 232 g/mol. The van der Waals surface area contributed by atoms with Gasteiger partial charge < -0.3 is 15.4 Å². The minimum absolute atomic E-state index is 0.444. The summed E-state index contributed by atoms with van der Waals surface area (Å²) in [6.45, 7) is 1.55. The van der Waals surface area contributed by atoms with E-state index in [2.05, 4.69) is 20.5 Å². The number of anilines is 1. The summed E-state index contributed by atoms with van der Waals surface area (Å²) in [6, 6.07) is 4.68. The Morgan fingerprint density at radius 3 is 2.76 bits per heavy atom. The molecule has 2 rings (SSSR count).